The molecule has 1 heterocycles. The fourth-order valence-corrected chi connectivity index (χ4v) is 2.09. The van der Waals surface area contributed by atoms with Gasteiger partial charge in [-0.15, -0.1) is 0 Å². The fraction of sp³-hybridized carbons (Fsp3) is 0.533. The number of nitrogens with one attached hydrogen (secondary N) is 2. The fourth-order valence-electron chi connectivity index (χ4n) is 2.09. The first-order chi connectivity index (χ1) is 10.3. The van der Waals surface area contributed by atoms with Gasteiger partial charge in [0.05, 0.1) is 19.8 Å². The Hall–Kier alpha value is -1.63. The first-order valence-electron chi connectivity index (χ1n) is 7.10. The Balaban J connectivity index is 1.80. The lowest BCUT2D eigenvalue weighted by atomic mass is 10.2. The van der Waals surface area contributed by atoms with Crippen molar-refractivity contribution in [1.82, 2.24) is 5.32 Å². The highest BCUT2D eigenvalue weighted by atomic mass is 16.5. The molecule has 1 atom stereocenters. The molecule has 0 bridgehead atoms. The molecule has 1 unspecified atom stereocenters. The van der Waals surface area contributed by atoms with E-state index in [1.165, 1.54) is 0 Å². The van der Waals surface area contributed by atoms with E-state index in [1.807, 2.05) is 18.2 Å². The van der Waals surface area contributed by atoms with E-state index in [0.717, 1.165) is 12.2 Å². The summed E-state index contributed by atoms with van der Waals surface area (Å²) in [7, 11) is 1.63. The molecule has 0 aromatic heterocycles. The van der Waals surface area contributed by atoms with Gasteiger partial charge in [0, 0.05) is 37.9 Å². The van der Waals surface area contributed by atoms with E-state index in [4.69, 9.17) is 14.2 Å². The Morgan fingerprint density at radius 1 is 1.48 bits per heavy atom. The number of anilines is 1. The molecular weight excluding hydrogens is 272 g/mol. The maximum atomic E-state index is 12.0. The quantitative estimate of drug-likeness (QED) is 0.735. The van der Waals surface area contributed by atoms with E-state index < -0.39 is 0 Å². The second kappa shape index (κ2) is 8.61. The summed E-state index contributed by atoms with van der Waals surface area (Å²) in [6.45, 7) is 3.09. The van der Waals surface area contributed by atoms with Gasteiger partial charge in [0.15, 0.2) is 0 Å². The van der Waals surface area contributed by atoms with Crippen LogP contribution < -0.4 is 15.4 Å². The summed E-state index contributed by atoms with van der Waals surface area (Å²) in [4.78, 5) is 12.0. The van der Waals surface area contributed by atoms with E-state index in [-0.39, 0.29) is 11.9 Å². The summed E-state index contributed by atoms with van der Waals surface area (Å²) in [5.41, 5.74) is 0.728. The van der Waals surface area contributed by atoms with Crippen LogP contribution in [-0.4, -0.2) is 52.0 Å². The molecule has 2 rings (SSSR count). The number of benzene rings is 1. The van der Waals surface area contributed by atoms with E-state index >= 15 is 0 Å². The molecule has 1 aliphatic heterocycles. The SMILES string of the molecule is COCCOc1cccc(NC(=O)CC2COCCN2)c1. The molecule has 0 spiro atoms. The number of amides is 1. The molecule has 0 radical (unpaired) electrons. The van der Waals surface area contributed by atoms with Crippen molar-refractivity contribution in [2.45, 2.75) is 12.5 Å². The molecule has 1 aliphatic rings. The zero-order chi connectivity index (χ0) is 14.9. The van der Waals surface area contributed by atoms with Gasteiger partial charge in [-0.05, 0) is 12.1 Å². The smallest absolute Gasteiger partial charge is 0.226 e. The van der Waals surface area contributed by atoms with E-state index in [2.05, 4.69) is 10.6 Å². The summed E-state index contributed by atoms with van der Waals surface area (Å²) in [6, 6.07) is 7.42. The van der Waals surface area contributed by atoms with E-state index in [0.29, 0.717) is 38.6 Å². The predicted octanol–water partition coefficient (Wildman–Crippen LogP) is 1.03. The van der Waals surface area contributed by atoms with Gasteiger partial charge >= 0.3 is 0 Å². The number of methoxy groups -OCH3 is 1. The van der Waals surface area contributed by atoms with Gasteiger partial charge in [0.25, 0.3) is 0 Å². The summed E-state index contributed by atoms with van der Waals surface area (Å²) in [5.74, 6) is 0.677. The van der Waals surface area contributed by atoms with Crippen molar-refractivity contribution in [3.8, 4) is 5.75 Å². The Kier molecular flexibility index (Phi) is 6.46. The number of carbonyl (C=O) groups is 1. The lowest BCUT2D eigenvalue weighted by Gasteiger charge is -2.23. The largest absolute Gasteiger partial charge is 0.491 e. The van der Waals surface area contributed by atoms with Crippen LogP contribution in [0, 0.1) is 0 Å². The zero-order valence-electron chi connectivity index (χ0n) is 12.3. The van der Waals surface area contributed by atoms with Gasteiger partial charge in [-0.25, -0.2) is 0 Å². The molecule has 1 aromatic carbocycles. The third-order valence-electron chi connectivity index (χ3n) is 3.10. The van der Waals surface area contributed by atoms with Crippen LogP contribution in [0.3, 0.4) is 0 Å². The molecule has 0 aliphatic carbocycles. The Labute approximate surface area is 124 Å². The number of carbonyl (C=O) groups excluding carboxylic acids is 1. The highest BCUT2D eigenvalue weighted by molar-refractivity contribution is 5.91. The number of hydrogen-bond acceptors (Lipinski definition) is 5. The molecule has 6 nitrogen and oxygen atoms in total. The van der Waals surface area contributed by atoms with Crippen molar-refractivity contribution >= 4 is 11.6 Å². The highest BCUT2D eigenvalue weighted by Crippen LogP contribution is 2.17. The van der Waals surface area contributed by atoms with Crippen molar-refractivity contribution in [2.75, 3.05) is 45.4 Å². The first-order valence-corrected chi connectivity index (χ1v) is 7.10. The second-order valence-electron chi connectivity index (χ2n) is 4.85. The van der Waals surface area contributed by atoms with Crippen LogP contribution in [0.25, 0.3) is 0 Å². The Bertz CT molecular complexity index is 447. The van der Waals surface area contributed by atoms with Crippen LogP contribution in [0.4, 0.5) is 5.69 Å². The minimum Gasteiger partial charge on any atom is -0.491 e. The van der Waals surface area contributed by atoms with Crippen LogP contribution in [0.1, 0.15) is 6.42 Å². The molecule has 21 heavy (non-hydrogen) atoms. The Morgan fingerprint density at radius 2 is 2.38 bits per heavy atom. The standard InChI is InChI=1S/C15H22N2O4/c1-19-7-8-21-14-4-2-3-12(9-14)17-15(18)10-13-11-20-6-5-16-13/h2-4,9,13,16H,5-8,10-11H2,1H3,(H,17,18). The molecular formula is C15H22N2O4. The van der Waals surface area contributed by atoms with Crippen molar-refractivity contribution in [1.29, 1.82) is 0 Å². The van der Waals surface area contributed by atoms with Gasteiger partial charge in [0.2, 0.25) is 5.91 Å². The van der Waals surface area contributed by atoms with Crippen molar-refractivity contribution in [3.63, 3.8) is 0 Å². The molecule has 2 N–H and O–H groups in total. The average Bonchev–Trinajstić information content (AvgIpc) is 2.49. The van der Waals surface area contributed by atoms with Crippen LogP contribution >= 0.6 is 0 Å². The summed E-state index contributed by atoms with van der Waals surface area (Å²) >= 11 is 0. The van der Waals surface area contributed by atoms with E-state index in [9.17, 15) is 4.79 Å². The van der Waals surface area contributed by atoms with Crippen LogP contribution in [-0.2, 0) is 14.3 Å². The minimum absolute atomic E-state index is 0.0351. The molecule has 116 valence electrons. The molecule has 1 aromatic rings. The number of morpholine rings is 1. The summed E-state index contributed by atoms with van der Waals surface area (Å²) in [6.07, 6.45) is 0.398. The minimum atomic E-state index is -0.0351. The molecule has 1 fully saturated rings. The normalized spacial score (nSPS) is 18.2. The van der Waals surface area contributed by atoms with Crippen molar-refractivity contribution < 1.29 is 19.0 Å². The van der Waals surface area contributed by atoms with Crippen LogP contribution in [0.2, 0.25) is 0 Å². The number of rotatable bonds is 7. The van der Waals surface area contributed by atoms with Gasteiger partial charge in [-0.2, -0.15) is 0 Å². The number of hydrogen-bond donors (Lipinski definition) is 2. The van der Waals surface area contributed by atoms with Crippen molar-refractivity contribution in [2.24, 2.45) is 0 Å². The number of ether oxygens (including phenoxy) is 3. The van der Waals surface area contributed by atoms with Crippen LogP contribution in [0.15, 0.2) is 24.3 Å². The van der Waals surface area contributed by atoms with Gasteiger partial charge < -0.3 is 24.8 Å². The first kappa shape index (κ1) is 15.8. The lowest BCUT2D eigenvalue weighted by molar-refractivity contribution is -0.117. The molecule has 1 amide bonds. The predicted molar refractivity (Wildman–Crippen MR) is 79.7 cm³/mol. The molecule has 0 saturated carbocycles. The van der Waals surface area contributed by atoms with Gasteiger partial charge in [-0.3, -0.25) is 4.79 Å². The molecule has 6 heteroatoms. The highest BCUT2D eigenvalue weighted by Gasteiger charge is 2.16. The topological polar surface area (TPSA) is 68.8 Å². The zero-order valence-corrected chi connectivity index (χ0v) is 12.3. The third kappa shape index (κ3) is 5.71. The van der Waals surface area contributed by atoms with Gasteiger partial charge in [0.1, 0.15) is 12.4 Å². The third-order valence-corrected chi connectivity index (χ3v) is 3.10. The lowest BCUT2D eigenvalue weighted by Crippen LogP contribution is -2.43. The second-order valence-corrected chi connectivity index (χ2v) is 4.85. The van der Waals surface area contributed by atoms with Crippen LogP contribution in [0.5, 0.6) is 5.75 Å². The molecule has 1 saturated heterocycles. The maximum absolute atomic E-state index is 12.0. The average molecular weight is 294 g/mol. The van der Waals surface area contributed by atoms with E-state index in [1.54, 1.807) is 13.2 Å². The Morgan fingerprint density at radius 3 is 3.14 bits per heavy atom. The summed E-state index contributed by atoms with van der Waals surface area (Å²) in [5, 5.41) is 6.13. The monoisotopic (exact) mass is 294 g/mol. The maximum Gasteiger partial charge on any atom is 0.226 e. The summed E-state index contributed by atoms with van der Waals surface area (Å²) < 4.78 is 15.8. The van der Waals surface area contributed by atoms with Crippen molar-refractivity contribution in [3.05, 3.63) is 24.3 Å². The van der Waals surface area contributed by atoms with Gasteiger partial charge in [-0.1, -0.05) is 6.07 Å².